The summed E-state index contributed by atoms with van der Waals surface area (Å²) >= 11 is 0. The van der Waals surface area contributed by atoms with Gasteiger partial charge < -0.3 is 15.4 Å². The van der Waals surface area contributed by atoms with Crippen LogP contribution in [0.4, 0.5) is 10.1 Å². The Labute approximate surface area is 163 Å². The van der Waals surface area contributed by atoms with Gasteiger partial charge in [-0.3, -0.25) is 9.59 Å². The molecule has 1 atom stereocenters. The van der Waals surface area contributed by atoms with Crippen LogP contribution in [0.25, 0.3) is 0 Å². The van der Waals surface area contributed by atoms with Crippen LogP contribution in [-0.2, 0) is 9.53 Å². The lowest BCUT2D eigenvalue weighted by molar-refractivity contribution is -0.118. The Hall–Kier alpha value is -3.22. The zero-order valence-corrected chi connectivity index (χ0v) is 16.2. The summed E-state index contributed by atoms with van der Waals surface area (Å²) in [6.07, 6.45) is 0. The van der Waals surface area contributed by atoms with E-state index in [4.69, 9.17) is 4.74 Å². The maximum absolute atomic E-state index is 13.8. The lowest BCUT2D eigenvalue weighted by atomic mass is 10.0. The van der Waals surface area contributed by atoms with Crippen LogP contribution in [-0.4, -0.2) is 30.9 Å². The fourth-order valence-electron chi connectivity index (χ4n) is 2.71. The number of hydrogen-bond acceptors (Lipinski definition) is 4. The van der Waals surface area contributed by atoms with E-state index in [1.54, 1.807) is 45.0 Å². The molecule has 0 saturated carbocycles. The standard InChI is InChI=1S/C21H23FN2O4/c1-12(2)18(24-19(25)15-8-5-6-10-16(15)22)20(26)23-17-11-7-9-14(13(17)3)21(27)28-4/h5-12,18H,1-4H3,(H,23,26)(H,24,25). The van der Waals surface area contributed by atoms with Crippen molar-refractivity contribution < 1.29 is 23.5 Å². The van der Waals surface area contributed by atoms with Gasteiger partial charge in [0.15, 0.2) is 0 Å². The summed E-state index contributed by atoms with van der Waals surface area (Å²) in [5.41, 5.74) is 1.17. The second-order valence-corrected chi connectivity index (χ2v) is 6.63. The lowest BCUT2D eigenvalue weighted by Crippen LogP contribution is -2.47. The number of carbonyl (C=O) groups excluding carboxylic acids is 3. The molecule has 0 bridgehead atoms. The van der Waals surface area contributed by atoms with Crippen molar-refractivity contribution in [1.82, 2.24) is 5.32 Å². The fraction of sp³-hybridized carbons (Fsp3) is 0.286. The van der Waals surface area contributed by atoms with Crippen molar-refractivity contribution in [2.45, 2.75) is 26.8 Å². The number of halogens is 1. The minimum Gasteiger partial charge on any atom is -0.465 e. The Morgan fingerprint density at radius 3 is 2.25 bits per heavy atom. The second kappa shape index (κ2) is 9.12. The van der Waals surface area contributed by atoms with Gasteiger partial charge in [0.05, 0.1) is 18.2 Å². The molecule has 0 aromatic heterocycles. The Bertz CT molecular complexity index is 896. The predicted octanol–water partition coefficient (Wildman–Crippen LogP) is 3.31. The highest BCUT2D eigenvalue weighted by Gasteiger charge is 2.26. The summed E-state index contributed by atoms with van der Waals surface area (Å²) < 4.78 is 18.6. The molecule has 7 heteroatoms. The van der Waals surface area contributed by atoms with Gasteiger partial charge in [-0.15, -0.1) is 0 Å². The number of ether oxygens (including phenoxy) is 1. The maximum atomic E-state index is 13.8. The summed E-state index contributed by atoms with van der Waals surface area (Å²) in [6, 6.07) is 9.53. The van der Waals surface area contributed by atoms with Crippen LogP contribution in [0.15, 0.2) is 42.5 Å². The van der Waals surface area contributed by atoms with E-state index in [1.165, 1.54) is 25.3 Å². The van der Waals surface area contributed by atoms with Gasteiger partial charge in [-0.2, -0.15) is 0 Å². The molecule has 2 aromatic carbocycles. The first-order valence-electron chi connectivity index (χ1n) is 8.80. The lowest BCUT2D eigenvalue weighted by Gasteiger charge is -2.22. The average Bonchev–Trinajstić information content (AvgIpc) is 2.66. The van der Waals surface area contributed by atoms with Crippen molar-refractivity contribution in [3.63, 3.8) is 0 Å². The zero-order chi connectivity index (χ0) is 20.8. The van der Waals surface area contributed by atoms with E-state index in [-0.39, 0.29) is 11.5 Å². The van der Waals surface area contributed by atoms with Crippen molar-refractivity contribution in [3.8, 4) is 0 Å². The Kier molecular flexibility index (Phi) is 6.87. The second-order valence-electron chi connectivity index (χ2n) is 6.63. The first-order valence-corrected chi connectivity index (χ1v) is 8.80. The van der Waals surface area contributed by atoms with E-state index in [0.717, 1.165) is 0 Å². The van der Waals surface area contributed by atoms with Crippen molar-refractivity contribution in [3.05, 3.63) is 65.0 Å². The van der Waals surface area contributed by atoms with Crippen molar-refractivity contribution in [2.75, 3.05) is 12.4 Å². The largest absolute Gasteiger partial charge is 0.465 e. The fourth-order valence-corrected chi connectivity index (χ4v) is 2.71. The van der Waals surface area contributed by atoms with Crippen LogP contribution < -0.4 is 10.6 Å². The molecule has 2 amide bonds. The predicted molar refractivity (Wildman–Crippen MR) is 104 cm³/mol. The number of nitrogens with one attached hydrogen (secondary N) is 2. The molecule has 0 radical (unpaired) electrons. The first-order chi connectivity index (χ1) is 13.3. The topological polar surface area (TPSA) is 84.5 Å². The zero-order valence-electron chi connectivity index (χ0n) is 16.2. The van der Waals surface area contributed by atoms with Crippen LogP contribution in [0.5, 0.6) is 0 Å². The monoisotopic (exact) mass is 386 g/mol. The molecule has 0 aliphatic heterocycles. The van der Waals surface area contributed by atoms with Crippen LogP contribution in [0.2, 0.25) is 0 Å². The van der Waals surface area contributed by atoms with Gasteiger partial charge in [0, 0.05) is 5.69 Å². The van der Waals surface area contributed by atoms with E-state index in [9.17, 15) is 18.8 Å². The molecule has 0 spiro atoms. The summed E-state index contributed by atoms with van der Waals surface area (Å²) in [5, 5.41) is 5.31. The van der Waals surface area contributed by atoms with Gasteiger partial charge >= 0.3 is 5.97 Å². The minimum absolute atomic E-state index is 0.134. The number of hydrogen-bond donors (Lipinski definition) is 2. The quantitative estimate of drug-likeness (QED) is 0.746. The van der Waals surface area contributed by atoms with Gasteiger partial charge in [-0.05, 0) is 42.7 Å². The van der Waals surface area contributed by atoms with Crippen molar-refractivity contribution in [1.29, 1.82) is 0 Å². The molecule has 0 aliphatic carbocycles. The Morgan fingerprint density at radius 1 is 1.00 bits per heavy atom. The van der Waals surface area contributed by atoms with Gasteiger partial charge in [0.2, 0.25) is 5.91 Å². The highest BCUT2D eigenvalue weighted by Crippen LogP contribution is 2.20. The van der Waals surface area contributed by atoms with E-state index in [0.29, 0.717) is 16.8 Å². The summed E-state index contributed by atoms with van der Waals surface area (Å²) in [5.74, 6) is -2.57. The van der Waals surface area contributed by atoms with E-state index in [2.05, 4.69) is 10.6 Å². The van der Waals surface area contributed by atoms with Crippen LogP contribution in [0, 0.1) is 18.7 Å². The van der Waals surface area contributed by atoms with Gasteiger partial charge in [-0.25, -0.2) is 9.18 Å². The average molecular weight is 386 g/mol. The molecule has 6 nitrogen and oxygen atoms in total. The molecule has 0 saturated heterocycles. The molecule has 2 N–H and O–H groups in total. The third-order valence-corrected chi connectivity index (χ3v) is 4.35. The molecule has 148 valence electrons. The number of rotatable bonds is 6. The molecule has 1 unspecified atom stereocenters. The number of amides is 2. The molecular formula is C21H23FN2O4. The highest BCUT2D eigenvalue weighted by molar-refractivity contribution is 6.02. The molecule has 28 heavy (non-hydrogen) atoms. The van der Waals surface area contributed by atoms with Crippen LogP contribution in [0.1, 0.15) is 40.1 Å². The molecule has 0 heterocycles. The molecule has 0 fully saturated rings. The van der Waals surface area contributed by atoms with Gasteiger partial charge in [0.25, 0.3) is 5.91 Å². The van der Waals surface area contributed by atoms with Crippen LogP contribution >= 0.6 is 0 Å². The summed E-state index contributed by atoms with van der Waals surface area (Å²) in [6.45, 7) is 5.22. The summed E-state index contributed by atoms with van der Waals surface area (Å²) in [4.78, 5) is 37.0. The Morgan fingerprint density at radius 2 is 1.64 bits per heavy atom. The van der Waals surface area contributed by atoms with E-state index in [1.807, 2.05) is 0 Å². The van der Waals surface area contributed by atoms with E-state index < -0.39 is 29.6 Å². The summed E-state index contributed by atoms with van der Waals surface area (Å²) in [7, 11) is 1.28. The van der Waals surface area contributed by atoms with Gasteiger partial charge in [-0.1, -0.05) is 32.0 Å². The molecule has 0 aliphatic rings. The minimum atomic E-state index is -0.895. The number of esters is 1. The molecule has 2 rings (SSSR count). The van der Waals surface area contributed by atoms with Crippen molar-refractivity contribution >= 4 is 23.5 Å². The maximum Gasteiger partial charge on any atom is 0.338 e. The van der Waals surface area contributed by atoms with Crippen molar-refractivity contribution in [2.24, 2.45) is 5.92 Å². The normalized spacial score (nSPS) is 11.6. The number of carbonyl (C=O) groups is 3. The third-order valence-electron chi connectivity index (χ3n) is 4.35. The molecule has 2 aromatic rings. The number of benzene rings is 2. The van der Waals surface area contributed by atoms with Gasteiger partial charge in [0.1, 0.15) is 11.9 Å². The highest BCUT2D eigenvalue weighted by atomic mass is 19.1. The third kappa shape index (κ3) is 4.73. The Balaban J connectivity index is 2.21. The SMILES string of the molecule is COC(=O)c1cccc(NC(=O)C(NC(=O)c2ccccc2F)C(C)C)c1C. The number of methoxy groups -OCH3 is 1. The molecular weight excluding hydrogens is 363 g/mol. The number of anilines is 1. The van der Waals surface area contributed by atoms with E-state index >= 15 is 0 Å². The first kappa shape index (κ1) is 21.1. The van der Waals surface area contributed by atoms with Crippen LogP contribution in [0.3, 0.4) is 0 Å². The smallest absolute Gasteiger partial charge is 0.338 e.